The molecule has 1 fully saturated rings. The first-order valence-corrected chi connectivity index (χ1v) is 10.3. The quantitative estimate of drug-likeness (QED) is 0.499. The van der Waals surface area contributed by atoms with E-state index in [1.165, 1.54) is 27.5 Å². The highest BCUT2D eigenvalue weighted by molar-refractivity contribution is 9.10. The number of halogens is 1. The molecule has 4 aromatic rings. The zero-order chi connectivity index (χ0) is 18.2. The molecule has 5 heteroatoms. The minimum atomic E-state index is 0.962. The number of piperazine rings is 1. The normalized spacial score (nSPS) is 15.8. The largest absolute Gasteiger partial charge is 0.464 e. The number of nitrogens with one attached hydrogen (secondary N) is 1. The Morgan fingerprint density at radius 2 is 1.89 bits per heavy atom. The SMILES string of the molecule is Brc1ccc2c(CCN3CCN(c4cccc5[nH]ccc45)CC3)coc2c1. The van der Waals surface area contributed by atoms with Crippen LogP contribution >= 0.6 is 15.9 Å². The van der Waals surface area contributed by atoms with Crippen LogP contribution in [0.25, 0.3) is 21.9 Å². The summed E-state index contributed by atoms with van der Waals surface area (Å²) in [4.78, 5) is 8.39. The zero-order valence-corrected chi connectivity index (χ0v) is 16.7. The molecular formula is C22H22BrN3O. The van der Waals surface area contributed by atoms with Crippen molar-refractivity contribution in [2.24, 2.45) is 0 Å². The number of nitrogens with zero attached hydrogens (tertiary/aromatic N) is 2. The highest BCUT2D eigenvalue weighted by Crippen LogP contribution is 2.28. The van der Waals surface area contributed by atoms with Crippen molar-refractivity contribution in [3.05, 3.63) is 65.0 Å². The molecule has 2 aromatic carbocycles. The number of H-pyrrole nitrogens is 1. The van der Waals surface area contributed by atoms with Gasteiger partial charge in [-0.25, -0.2) is 0 Å². The fraction of sp³-hybridized carbons (Fsp3) is 0.273. The van der Waals surface area contributed by atoms with Crippen LogP contribution in [0.5, 0.6) is 0 Å². The van der Waals surface area contributed by atoms with Crippen molar-refractivity contribution in [3.63, 3.8) is 0 Å². The number of rotatable bonds is 4. The summed E-state index contributed by atoms with van der Waals surface area (Å²) in [5.41, 5.74) is 4.83. The van der Waals surface area contributed by atoms with Crippen LogP contribution in [0.3, 0.4) is 0 Å². The van der Waals surface area contributed by atoms with Gasteiger partial charge in [-0.05, 0) is 48.4 Å². The second-order valence-corrected chi connectivity index (χ2v) is 8.11. The van der Waals surface area contributed by atoms with Crippen LogP contribution in [-0.4, -0.2) is 42.6 Å². The summed E-state index contributed by atoms with van der Waals surface area (Å²) in [6, 6.07) is 15.0. The average Bonchev–Trinajstić information content (AvgIpc) is 3.33. The lowest BCUT2D eigenvalue weighted by Crippen LogP contribution is -2.47. The molecule has 0 spiro atoms. The highest BCUT2D eigenvalue weighted by atomic mass is 79.9. The van der Waals surface area contributed by atoms with E-state index >= 15 is 0 Å². The summed E-state index contributed by atoms with van der Waals surface area (Å²) < 4.78 is 6.78. The summed E-state index contributed by atoms with van der Waals surface area (Å²) in [6.07, 6.45) is 4.97. The summed E-state index contributed by atoms with van der Waals surface area (Å²) in [5, 5.41) is 2.55. The predicted molar refractivity (Wildman–Crippen MR) is 115 cm³/mol. The lowest BCUT2D eigenvalue weighted by molar-refractivity contribution is 0.261. The number of furan rings is 1. The molecule has 5 rings (SSSR count). The molecule has 1 saturated heterocycles. The van der Waals surface area contributed by atoms with Crippen LogP contribution in [0.15, 0.2) is 63.8 Å². The molecule has 0 bridgehead atoms. The van der Waals surface area contributed by atoms with E-state index in [0.717, 1.165) is 49.2 Å². The van der Waals surface area contributed by atoms with E-state index in [4.69, 9.17) is 4.42 Å². The van der Waals surface area contributed by atoms with E-state index in [0.29, 0.717) is 0 Å². The first-order chi connectivity index (χ1) is 13.3. The predicted octanol–water partition coefficient (Wildman–Crippen LogP) is 5.04. The van der Waals surface area contributed by atoms with Crippen LogP contribution in [0, 0.1) is 0 Å². The van der Waals surface area contributed by atoms with Gasteiger partial charge in [-0.2, -0.15) is 0 Å². The Balaban J connectivity index is 1.22. The van der Waals surface area contributed by atoms with Crippen molar-refractivity contribution in [3.8, 4) is 0 Å². The van der Waals surface area contributed by atoms with Crippen molar-refractivity contribution >= 4 is 43.5 Å². The Kier molecular flexibility index (Phi) is 4.42. The molecule has 0 radical (unpaired) electrons. The van der Waals surface area contributed by atoms with Gasteiger partial charge >= 0.3 is 0 Å². The third-order valence-corrected chi connectivity index (χ3v) is 6.09. The number of aromatic nitrogens is 1. The van der Waals surface area contributed by atoms with E-state index in [9.17, 15) is 0 Å². The Morgan fingerprint density at radius 1 is 1.00 bits per heavy atom. The monoisotopic (exact) mass is 423 g/mol. The van der Waals surface area contributed by atoms with Crippen LogP contribution in [-0.2, 0) is 6.42 Å². The van der Waals surface area contributed by atoms with Crippen molar-refractivity contribution in [2.45, 2.75) is 6.42 Å². The summed E-state index contributed by atoms with van der Waals surface area (Å²) in [7, 11) is 0. The van der Waals surface area contributed by atoms with Crippen LogP contribution in [0.4, 0.5) is 5.69 Å². The maximum absolute atomic E-state index is 5.72. The molecule has 0 aliphatic carbocycles. The van der Waals surface area contributed by atoms with E-state index < -0.39 is 0 Å². The Morgan fingerprint density at radius 3 is 2.78 bits per heavy atom. The smallest absolute Gasteiger partial charge is 0.135 e. The molecule has 4 nitrogen and oxygen atoms in total. The van der Waals surface area contributed by atoms with Gasteiger partial charge in [-0.3, -0.25) is 4.90 Å². The maximum Gasteiger partial charge on any atom is 0.135 e. The third kappa shape index (κ3) is 3.26. The fourth-order valence-corrected chi connectivity index (χ4v) is 4.43. The standard InChI is InChI=1S/C22H22BrN3O/c23-17-4-5-18-16(15-27-22(18)14-17)7-9-25-10-12-26(13-11-25)21-3-1-2-20-19(21)6-8-24-20/h1-6,8,14-15,24H,7,9-13H2. The number of hydrogen-bond acceptors (Lipinski definition) is 3. The Hall–Kier alpha value is -2.24. The molecule has 1 aliphatic rings. The van der Waals surface area contributed by atoms with Gasteiger partial charge in [0, 0.05) is 65.4 Å². The van der Waals surface area contributed by atoms with Crippen molar-refractivity contribution in [2.75, 3.05) is 37.6 Å². The van der Waals surface area contributed by atoms with Crippen LogP contribution < -0.4 is 4.90 Å². The number of anilines is 1. The first kappa shape index (κ1) is 16.9. The highest BCUT2D eigenvalue weighted by Gasteiger charge is 2.19. The molecule has 2 aromatic heterocycles. The van der Waals surface area contributed by atoms with Crippen molar-refractivity contribution < 1.29 is 4.42 Å². The molecule has 138 valence electrons. The summed E-state index contributed by atoms with van der Waals surface area (Å²) in [5.74, 6) is 0. The lowest BCUT2D eigenvalue weighted by atomic mass is 10.1. The van der Waals surface area contributed by atoms with Gasteiger partial charge in [0.1, 0.15) is 5.58 Å². The van der Waals surface area contributed by atoms with Crippen molar-refractivity contribution in [1.29, 1.82) is 0 Å². The summed E-state index contributed by atoms with van der Waals surface area (Å²) >= 11 is 3.51. The number of hydrogen-bond donors (Lipinski definition) is 1. The molecule has 0 saturated carbocycles. The number of fused-ring (bicyclic) bond motifs is 2. The average molecular weight is 424 g/mol. The van der Waals surface area contributed by atoms with Gasteiger partial charge in [-0.15, -0.1) is 0 Å². The Bertz CT molecular complexity index is 1080. The minimum absolute atomic E-state index is 0.962. The topological polar surface area (TPSA) is 35.4 Å². The van der Waals surface area contributed by atoms with Crippen molar-refractivity contribution in [1.82, 2.24) is 9.88 Å². The van der Waals surface area contributed by atoms with Gasteiger partial charge in [0.15, 0.2) is 0 Å². The second-order valence-electron chi connectivity index (χ2n) is 7.20. The maximum atomic E-state index is 5.72. The van der Waals surface area contributed by atoms with E-state index in [2.05, 4.69) is 67.1 Å². The fourth-order valence-electron chi connectivity index (χ4n) is 4.09. The molecule has 1 N–H and O–H groups in total. The van der Waals surface area contributed by atoms with Gasteiger partial charge in [0.05, 0.1) is 6.26 Å². The molecule has 1 aliphatic heterocycles. The van der Waals surface area contributed by atoms with E-state index in [1.54, 1.807) is 0 Å². The van der Waals surface area contributed by atoms with E-state index in [1.807, 2.05) is 18.5 Å². The number of aromatic amines is 1. The van der Waals surface area contributed by atoms with E-state index in [-0.39, 0.29) is 0 Å². The number of benzene rings is 2. The van der Waals surface area contributed by atoms with Crippen LogP contribution in [0.1, 0.15) is 5.56 Å². The van der Waals surface area contributed by atoms with Gasteiger partial charge in [-0.1, -0.05) is 22.0 Å². The first-order valence-electron chi connectivity index (χ1n) is 9.47. The second kappa shape index (κ2) is 7.06. The molecule has 0 unspecified atom stereocenters. The molecule has 0 amide bonds. The minimum Gasteiger partial charge on any atom is -0.464 e. The summed E-state index contributed by atoms with van der Waals surface area (Å²) in [6.45, 7) is 5.42. The molecule has 27 heavy (non-hydrogen) atoms. The van der Waals surface area contributed by atoms with Crippen LogP contribution in [0.2, 0.25) is 0 Å². The molecular weight excluding hydrogens is 402 g/mol. The zero-order valence-electron chi connectivity index (χ0n) is 15.1. The third-order valence-electron chi connectivity index (χ3n) is 5.60. The Labute approximate surface area is 166 Å². The molecule has 0 atom stereocenters. The molecule has 3 heterocycles. The van der Waals surface area contributed by atoms with Gasteiger partial charge in [0.2, 0.25) is 0 Å². The van der Waals surface area contributed by atoms with Gasteiger partial charge < -0.3 is 14.3 Å². The lowest BCUT2D eigenvalue weighted by Gasteiger charge is -2.36. The van der Waals surface area contributed by atoms with Gasteiger partial charge in [0.25, 0.3) is 0 Å².